The van der Waals surface area contributed by atoms with Gasteiger partial charge in [0.1, 0.15) is 11.0 Å². The Labute approximate surface area is 277 Å². The van der Waals surface area contributed by atoms with Crippen molar-refractivity contribution >= 4 is 48.3 Å². The summed E-state index contributed by atoms with van der Waals surface area (Å²) in [6.45, 7) is 9.11. The Bertz CT molecular complexity index is 1590. The van der Waals surface area contributed by atoms with Crippen molar-refractivity contribution in [3.63, 3.8) is 0 Å². The molecule has 0 saturated carbocycles. The lowest BCUT2D eigenvalue weighted by Crippen LogP contribution is -2.57. The quantitative estimate of drug-likeness (QED) is 0.0493. The number of nitrogens with one attached hydrogen (secondary N) is 3. The summed E-state index contributed by atoms with van der Waals surface area (Å²) in [4.78, 5) is 5.35. The van der Waals surface area contributed by atoms with E-state index in [2.05, 4.69) is 182 Å². The van der Waals surface area contributed by atoms with Gasteiger partial charge >= 0.3 is 0 Å². The summed E-state index contributed by atoms with van der Waals surface area (Å²) < 4.78 is 0. The number of para-hydroxylation sites is 1. The zero-order valence-electron chi connectivity index (χ0n) is 27.1. The molecular formula is C39H45N5P2. The molecule has 0 bridgehead atoms. The van der Waals surface area contributed by atoms with Crippen LogP contribution in [0.1, 0.15) is 33.3 Å². The molecule has 5 aromatic carbocycles. The molecule has 0 aliphatic carbocycles. The molecule has 2 unspecified atom stereocenters. The van der Waals surface area contributed by atoms with Gasteiger partial charge in [0, 0.05) is 19.7 Å². The van der Waals surface area contributed by atoms with Crippen molar-refractivity contribution in [2.24, 2.45) is 10.7 Å². The Kier molecular flexibility index (Phi) is 11.7. The molecule has 0 heterocycles. The van der Waals surface area contributed by atoms with Crippen molar-refractivity contribution in [2.45, 2.75) is 51.9 Å². The molecule has 5 aromatic rings. The smallest absolute Gasteiger partial charge is 0.129 e. The number of aliphatic imine (C=N–C) groups is 1. The van der Waals surface area contributed by atoms with Crippen LogP contribution in [0.3, 0.4) is 0 Å². The van der Waals surface area contributed by atoms with Crippen LogP contribution in [-0.4, -0.2) is 23.2 Å². The zero-order valence-corrected chi connectivity index (χ0v) is 28.9. The van der Waals surface area contributed by atoms with E-state index in [0.29, 0.717) is 6.54 Å². The van der Waals surface area contributed by atoms with Gasteiger partial charge in [-0.1, -0.05) is 140 Å². The van der Waals surface area contributed by atoms with Crippen LogP contribution in [0.15, 0.2) is 151 Å². The largest absolute Gasteiger partial charge is 0.367 e. The molecule has 0 amide bonds. The molecule has 0 aliphatic rings. The number of anilines is 1. The summed E-state index contributed by atoms with van der Waals surface area (Å²) in [7, 11) is -1.79. The number of nitrogens with zero attached hydrogens (tertiary/aromatic N) is 1. The second-order valence-electron chi connectivity index (χ2n) is 11.7. The highest BCUT2D eigenvalue weighted by molar-refractivity contribution is 7.88. The number of hydrogen-bond donors (Lipinski definition) is 4. The molecular weight excluding hydrogens is 600 g/mol. The summed E-state index contributed by atoms with van der Waals surface area (Å²) >= 11 is 0. The van der Waals surface area contributed by atoms with Gasteiger partial charge in [-0.15, -0.1) is 0 Å². The Hall–Kier alpha value is -3.85. The predicted molar refractivity (Wildman–Crippen MR) is 203 cm³/mol. The lowest BCUT2D eigenvalue weighted by molar-refractivity contribution is 0.472. The fourth-order valence-electron chi connectivity index (χ4n) is 5.61. The van der Waals surface area contributed by atoms with Crippen molar-refractivity contribution in [2.75, 3.05) is 5.32 Å². The average molecular weight is 646 g/mol. The topological polar surface area (TPSA) is 74.5 Å². The highest BCUT2D eigenvalue weighted by Gasteiger charge is 2.37. The third-order valence-corrected chi connectivity index (χ3v) is 12.5. The standard InChI is InChI=1S/C39H45N5P2/c1-30(2)42-38(45(33-20-9-5-10-21-33)34-22-11-6-12-23-34)41-29-32-19-17-18-28-37(32)44-39(4,43-31(3)40)46(35-24-13-7-14-25-35)36-26-15-8-16-27-36/h5-28,30-31,43-44H,29,40H2,1-4H3,(H,41,42). The van der Waals surface area contributed by atoms with Crippen LogP contribution in [0.25, 0.3) is 0 Å². The molecule has 0 fully saturated rings. The maximum atomic E-state index is 6.48. The number of rotatable bonds is 13. The third-order valence-electron chi connectivity index (χ3n) is 7.44. The molecule has 5 N–H and O–H groups in total. The van der Waals surface area contributed by atoms with Crippen molar-refractivity contribution in [3.8, 4) is 0 Å². The van der Waals surface area contributed by atoms with Gasteiger partial charge in [0.05, 0.1) is 12.7 Å². The first kappa shape index (κ1) is 33.5. The first-order valence-electron chi connectivity index (χ1n) is 15.8. The van der Waals surface area contributed by atoms with E-state index in [1.165, 1.54) is 21.2 Å². The lowest BCUT2D eigenvalue weighted by Gasteiger charge is -2.42. The SMILES string of the molecule is CC(C)NC(=NCc1ccccc1NC(C)(NC(C)N)P(c1ccccc1)c1ccccc1)P(c1ccccc1)c1ccccc1. The minimum atomic E-state index is -0.916. The highest BCUT2D eigenvalue weighted by Crippen LogP contribution is 2.47. The minimum Gasteiger partial charge on any atom is -0.367 e. The van der Waals surface area contributed by atoms with E-state index in [9.17, 15) is 0 Å². The molecule has 5 rings (SSSR count). The fraction of sp³-hybridized carbons (Fsp3) is 0.205. The van der Waals surface area contributed by atoms with Gasteiger partial charge < -0.3 is 16.4 Å². The number of hydrogen-bond acceptors (Lipinski definition) is 4. The third kappa shape index (κ3) is 8.69. The van der Waals surface area contributed by atoms with E-state index in [1.54, 1.807) is 0 Å². The van der Waals surface area contributed by atoms with Crippen LogP contribution in [0.5, 0.6) is 0 Å². The van der Waals surface area contributed by atoms with Crippen molar-refractivity contribution in [3.05, 3.63) is 151 Å². The van der Waals surface area contributed by atoms with Gasteiger partial charge in [0.15, 0.2) is 0 Å². The maximum Gasteiger partial charge on any atom is 0.129 e. The monoisotopic (exact) mass is 645 g/mol. The molecule has 7 heteroatoms. The van der Waals surface area contributed by atoms with Crippen LogP contribution < -0.4 is 42.9 Å². The summed E-state index contributed by atoms with van der Waals surface area (Å²) in [5.41, 5.74) is 9.66. The van der Waals surface area contributed by atoms with Gasteiger partial charge in [-0.3, -0.25) is 10.3 Å². The normalized spacial score (nSPS) is 13.9. The number of nitrogens with two attached hydrogens (primary N) is 1. The highest BCUT2D eigenvalue weighted by atomic mass is 31.1. The summed E-state index contributed by atoms with van der Waals surface area (Å²) in [5, 5.41) is 15.9. The van der Waals surface area contributed by atoms with Crippen LogP contribution in [0.2, 0.25) is 0 Å². The van der Waals surface area contributed by atoms with Crippen molar-refractivity contribution in [1.29, 1.82) is 0 Å². The van der Waals surface area contributed by atoms with E-state index in [0.717, 1.165) is 16.8 Å². The van der Waals surface area contributed by atoms with Crippen LogP contribution >= 0.6 is 15.8 Å². The molecule has 2 atom stereocenters. The Morgan fingerprint density at radius 3 is 1.54 bits per heavy atom. The number of benzene rings is 5. The fourth-order valence-corrected chi connectivity index (χ4v) is 10.8. The summed E-state index contributed by atoms with van der Waals surface area (Å²) in [5.74, 6) is 0. The van der Waals surface area contributed by atoms with E-state index in [1.807, 2.05) is 6.92 Å². The lowest BCUT2D eigenvalue weighted by atomic mass is 10.1. The Morgan fingerprint density at radius 1 is 0.652 bits per heavy atom. The van der Waals surface area contributed by atoms with E-state index in [-0.39, 0.29) is 12.2 Å². The van der Waals surface area contributed by atoms with Gasteiger partial charge in [-0.2, -0.15) is 0 Å². The summed E-state index contributed by atoms with van der Waals surface area (Å²) in [6.07, 6.45) is -0.234. The van der Waals surface area contributed by atoms with E-state index < -0.39 is 21.2 Å². The van der Waals surface area contributed by atoms with E-state index >= 15 is 0 Å². The van der Waals surface area contributed by atoms with Gasteiger partial charge in [-0.05, 0) is 68.5 Å². The predicted octanol–water partition coefficient (Wildman–Crippen LogP) is 6.79. The molecule has 5 nitrogen and oxygen atoms in total. The molecule has 0 saturated heterocycles. The molecule has 0 aliphatic heterocycles. The summed E-state index contributed by atoms with van der Waals surface area (Å²) in [6, 6.07) is 51.7. The van der Waals surface area contributed by atoms with E-state index in [4.69, 9.17) is 10.7 Å². The van der Waals surface area contributed by atoms with Crippen LogP contribution in [0, 0.1) is 0 Å². The average Bonchev–Trinajstić information content (AvgIpc) is 3.06. The molecule has 0 spiro atoms. The molecule has 46 heavy (non-hydrogen) atoms. The molecule has 236 valence electrons. The minimum absolute atomic E-state index is 0.234. The van der Waals surface area contributed by atoms with Crippen LogP contribution in [-0.2, 0) is 6.54 Å². The molecule has 0 aromatic heterocycles. The van der Waals surface area contributed by atoms with Crippen molar-refractivity contribution in [1.82, 2.24) is 10.6 Å². The first-order chi connectivity index (χ1) is 22.3. The van der Waals surface area contributed by atoms with Gasteiger partial charge in [-0.25, -0.2) is 0 Å². The van der Waals surface area contributed by atoms with Crippen molar-refractivity contribution < 1.29 is 0 Å². The maximum absolute atomic E-state index is 6.48. The first-order valence-corrected chi connectivity index (χ1v) is 18.5. The number of amidine groups is 1. The second kappa shape index (κ2) is 16.1. The Morgan fingerprint density at radius 2 is 1.09 bits per heavy atom. The second-order valence-corrected chi connectivity index (χ2v) is 16.5. The van der Waals surface area contributed by atoms with Crippen LogP contribution in [0.4, 0.5) is 5.69 Å². The Balaban J connectivity index is 1.55. The van der Waals surface area contributed by atoms with Gasteiger partial charge in [0.25, 0.3) is 0 Å². The van der Waals surface area contributed by atoms with Gasteiger partial charge in [0.2, 0.25) is 0 Å². The zero-order chi connectivity index (χ0) is 32.4. The molecule has 0 radical (unpaired) electrons.